The minimum atomic E-state index is -0.934. The number of rotatable bonds is 10. The Hall–Kier alpha value is -3.35. The summed E-state index contributed by atoms with van der Waals surface area (Å²) in [6, 6.07) is 16.0. The van der Waals surface area contributed by atoms with Crippen molar-refractivity contribution in [3.05, 3.63) is 59.7 Å². The first-order chi connectivity index (χ1) is 16.9. The number of ether oxygens (including phenoxy) is 1. The summed E-state index contributed by atoms with van der Waals surface area (Å²) < 4.78 is 5.72. The van der Waals surface area contributed by atoms with Crippen LogP contribution < -0.4 is 10.6 Å². The minimum absolute atomic E-state index is 0.0261. The predicted molar refractivity (Wildman–Crippen MR) is 133 cm³/mol. The molecule has 0 bridgehead atoms. The number of amides is 2. The van der Waals surface area contributed by atoms with Crippen LogP contribution >= 0.6 is 0 Å². The van der Waals surface area contributed by atoms with Crippen molar-refractivity contribution in [3.8, 4) is 11.1 Å². The molecule has 35 heavy (non-hydrogen) atoms. The van der Waals surface area contributed by atoms with Crippen molar-refractivity contribution in [2.45, 2.75) is 75.8 Å². The van der Waals surface area contributed by atoms with Crippen molar-refractivity contribution in [1.82, 2.24) is 10.6 Å². The van der Waals surface area contributed by atoms with Crippen molar-refractivity contribution in [2.24, 2.45) is 0 Å². The van der Waals surface area contributed by atoms with Crippen LogP contribution in [0.5, 0.6) is 0 Å². The average molecular weight is 479 g/mol. The number of benzene rings is 2. The first kappa shape index (κ1) is 24.8. The number of hydrogen-bond acceptors (Lipinski definition) is 4. The fourth-order valence-corrected chi connectivity index (χ4v) is 5.62. The molecule has 3 N–H and O–H groups in total. The molecule has 0 aromatic heterocycles. The Balaban J connectivity index is 1.38. The van der Waals surface area contributed by atoms with E-state index >= 15 is 0 Å². The monoisotopic (exact) mass is 478 g/mol. The smallest absolute Gasteiger partial charge is 0.407 e. The van der Waals surface area contributed by atoms with Crippen LogP contribution in [0.3, 0.4) is 0 Å². The second-order valence-corrected chi connectivity index (χ2v) is 9.77. The summed E-state index contributed by atoms with van der Waals surface area (Å²) in [6.07, 6.45) is 4.12. The largest absolute Gasteiger partial charge is 0.481 e. The van der Waals surface area contributed by atoms with Crippen LogP contribution in [0.2, 0.25) is 0 Å². The molecule has 1 saturated carbocycles. The van der Waals surface area contributed by atoms with Gasteiger partial charge in [-0.1, -0.05) is 74.7 Å². The zero-order chi connectivity index (χ0) is 24.8. The summed E-state index contributed by atoms with van der Waals surface area (Å²) in [4.78, 5) is 36.8. The lowest BCUT2D eigenvalue weighted by atomic mass is 9.92. The van der Waals surface area contributed by atoms with Gasteiger partial charge in [0.25, 0.3) is 0 Å². The number of carbonyl (C=O) groups excluding carboxylic acids is 2. The lowest BCUT2D eigenvalue weighted by Crippen LogP contribution is -2.51. The van der Waals surface area contributed by atoms with E-state index in [1.54, 1.807) is 0 Å². The van der Waals surface area contributed by atoms with Gasteiger partial charge < -0.3 is 20.5 Å². The van der Waals surface area contributed by atoms with Crippen LogP contribution in [0.4, 0.5) is 4.79 Å². The summed E-state index contributed by atoms with van der Waals surface area (Å²) in [5.41, 5.74) is 3.98. The van der Waals surface area contributed by atoms with Gasteiger partial charge in [0, 0.05) is 18.4 Å². The highest BCUT2D eigenvalue weighted by atomic mass is 16.5. The number of aliphatic carboxylic acids is 1. The SMILES string of the molecule is CCCC(CC(=O)O)NC(=O)CC1(NC(=O)OCC2c3ccccc3-c3ccccc32)CCCC1. The summed E-state index contributed by atoms with van der Waals surface area (Å²) in [6.45, 7) is 2.18. The summed E-state index contributed by atoms with van der Waals surface area (Å²) in [7, 11) is 0. The van der Waals surface area contributed by atoms with E-state index < -0.39 is 23.6 Å². The molecule has 2 aromatic carbocycles. The van der Waals surface area contributed by atoms with Crippen LogP contribution in [0, 0.1) is 0 Å². The minimum Gasteiger partial charge on any atom is -0.481 e. The molecule has 0 saturated heterocycles. The van der Waals surface area contributed by atoms with E-state index in [4.69, 9.17) is 9.84 Å². The highest BCUT2D eigenvalue weighted by Crippen LogP contribution is 2.44. The Kier molecular flexibility index (Phi) is 7.73. The van der Waals surface area contributed by atoms with Crippen molar-refractivity contribution < 1.29 is 24.2 Å². The second kappa shape index (κ2) is 10.9. The first-order valence-electron chi connectivity index (χ1n) is 12.5. The molecular formula is C28H34N2O5. The van der Waals surface area contributed by atoms with Gasteiger partial charge in [-0.2, -0.15) is 0 Å². The molecule has 0 spiro atoms. The van der Waals surface area contributed by atoms with E-state index in [1.807, 2.05) is 31.2 Å². The Morgan fingerprint density at radius 1 is 1.03 bits per heavy atom. The number of carboxylic acid groups (broad SMARTS) is 1. The van der Waals surface area contributed by atoms with Gasteiger partial charge in [-0.3, -0.25) is 9.59 Å². The van der Waals surface area contributed by atoms with E-state index in [1.165, 1.54) is 11.1 Å². The third kappa shape index (κ3) is 5.84. The number of carbonyl (C=O) groups is 3. The van der Waals surface area contributed by atoms with Crippen LogP contribution in [-0.4, -0.2) is 41.3 Å². The quantitative estimate of drug-likeness (QED) is 0.446. The Morgan fingerprint density at radius 3 is 2.20 bits per heavy atom. The summed E-state index contributed by atoms with van der Waals surface area (Å²) in [5.74, 6) is -1.19. The molecule has 1 fully saturated rings. The number of alkyl carbamates (subject to hydrolysis) is 1. The number of fused-ring (bicyclic) bond motifs is 3. The van der Waals surface area contributed by atoms with Gasteiger partial charge in [-0.25, -0.2) is 4.79 Å². The predicted octanol–water partition coefficient (Wildman–Crippen LogP) is 4.99. The van der Waals surface area contributed by atoms with E-state index in [-0.39, 0.29) is 31.3 Å². The lowest BCUT2D eigenvalue weighted by molar-refractivity contribution is -0.137. The van der Waals surface area contributed by atoms with Crippen LogP contribution in [0.25, 0.3) is 11.1 Å². The fourth-order valence-electron chi connectivity index (χ4n) is 5.62. The number of nitrogens with one attached hydrogen (secondary N) is 2. The van der Waals surface area contributed by atoms with Gasteiger partial charge in [-0.05, 0) is 41.5 Å². The molecule has 1 unspecified atom stereocenters. The van der Waals surface area contributed by atoms with E-state index in [2.05, 4.69) is 34.9 Å². The van der Waals surface area contributed by atoms with Gasteiger partial charge in [0.2, 0.25) is 5.91 Å². The molecule has 2 aromatic rings. The zero-order valence-corrected chi connectivity index (χ0v) is 20.2. The van der Waals surface area contributed by atoms with E-state index in [9.17, 15) is 14.4 Å². The lowest BCUT2D eigenvalue weighted by Gasteiger charge is -2.30. The standard InChI is InChI=1S/C28H34N2O5/c1-2-9-19(16-26(32)33)29-25(31)17-28(14-7-8-15-28)30-27(34)35-18-24-22-12-5-3-10-20(22)21-11-4-6-13-23(21)24/h3-6,10-13,19,24H,2,7-9,14-18H2,1H3,(H,29,31)(H,30,34)(H,32,33). The normalized spacial score (nSPS) is 16.7. The van der Waals surface area contributed by atoms with E-state index in [0.29, 0.717) is 19.3 Å². The van der Waals surface area contributed by atoms with Crippen molar-refractivity contribution in [1.29, 1.82) is 0 Å². The maximum Gasteiger partial charge on any atom is 0.407 e. The van der Waals surface area contributed by atoms with E-state index in [0.717, 1.165) is 30.4 Å². The van der Waals surface area contributed by atoms with Gasteiger partial charge in [0.15, 0.2) is 0 Å². The Morgan fingerprint density at radius 2 is 1.63 bits per heavy atom. The fraction of sp³-hybridized carbons (Fsp3) is 0.464. The summed E-state index contributed by atoms with van der Waals surface area (Å²) in [5, 5.41) is 15.0. The first-order valence-corrected chi connectivity index (χ1v) is 12.5. The van der Waals surface area contributed by atoms with Crippen molar-refractivity contribution in [3.63, 3.8) is 0 Å². The Bertz CT molecular complexity index is 1030. The van der Waals surface area contributed by atoms with Crippen molar-refractivity contribution >= 4 is 18.0 Å². The van der Waals surface area contributed by atoms with Crippen LogP contribution in [0.1, 0.15) is 75.3 Å². The van der Waals surface area contributed by atoms with Crippen LogP contribution in [-0.2, 0) is 14.3 Å². The molecule has 7 heteroatoms. The number of carboxylic acids is 1. The molecule has 2 amide bonds. The molecule has 0 heterocycles. The highest BCUT2D eigenvalue weighted by Gasteiger charge is 2.39. The topological polar surface area (TPSA) is 105 Å². The highest BCUT2D eigenvalue weighted by molar-refractivity contribution is 5.81. The molecular weight excluding hydrogens is 444 g/mol. The molecule has 2 aliphatic rings. The third-order valence-electron chi connectivity index (χ3n) is 7.19. The number of hydrogen-bond donors (Lipinski definition) is 3. The Labute approximate surface area is 206 Å². The molecule has 4 rings (SSSR count). The van der Waals surface area contributed by atoms with Gasteiger partial charge in [0.1, 0.15) is 6.61 Å². The molecule has 0 aliphatic heterocycles. The van der Waals surface area contributed by atoms with Gasteiger partial charge in [-0.15, -0.1) is 0 Å². The molecule has 7 nitrogen and oxygen atoms in total. The zero-order valence-electron chi connectivity index (χ0n) is 20.2. The van der Waals surface area contributed by atoms with Gasteiger partial charge in [0.05, 0.1) is 12.0 Å². The molecule has 2 aliphatic carbocycles. The van der Waals surface area contributed by atoms with Crippen LogP contribution in [0.15, 0.2) is 48.5 Å². The maximum atomic E-state index is 12.9. The average Bonchev–Trinajstić information content (AvgIpc) is 3.39. The van der Waals surface area contributed by atoms with Crippen molar-refractivity contribution in [2.75, 3.05) is 6.61 Å². The second-order valence-electron chi connectivity index (χ2n) is 9.77. The van der Waals surface area contributed by atoms with Gasteiger partial charge >= 0.3 is 12.1 Å². The molecule has 186 valence electrons. The summed E-state index contributed by atoms with van der Waals surface area (Å²) >= 11 is 0. The third-order valence-corrected chi connectivity index (χ3v) is 7.19. The maximum absolute atomic E-state index is 12.9. The molecule has 1 atom stereocenters. The molecule has 0 radical (unpaired) electrons.